The largest absolute Gasteiger partial charge is 0.384 e. The van der Waals surface area contributed by atoms with E-state index in [1.54, 1.807) is 12.1 Å². The number of nitrogens with zero attached hydrogens (tertiary/aromatic N) is 1. The first-order valence-corrected chi connectivity index (χ1v) is 6.47. The summed E-state index contributed by atoms with van der Waals surface area (Å²) in [5, 5.41) is 13.9. The Kier molecular flexibility index (Phi) is 5.88. The van der Waals surface area contributed by atoms with E-state index in [0.717, 1.165) is 0 Å². The van der Waals surface area contributed by atoms with Gasteiger partial charge < -0.3 is 15.7 Å². The average molecular weight is 289 g/mol. The molecular formula is C15H19N3O3. The summed E-state index contributed by atoms with van der Waals surface area (Å²) in [6.45, 7) is 5.12. The van der Waals surface area contributed by atoms with Crippen LogP contribution in [0.15, 0.2) is 18.3 Å². The molecule has 1 aromatic rings. The summed E-state index contributed by atoms with van der Waals surface area (Å²) in [6, 6.07) is 3.27. The van der Waals surface area contributed by atoms with Crippen LogP contribution in [0.4, 0.5) is 0 Å². The van der Waals surface area contributed by atoms with E-state index >= 15 is 0 Å². The van der Waals surface area contributed by atoms with E-state index in [2.05, 4.69) is 27.5 Å². The standard InChI is InChI=1S/C15H19N3O3/c1-15(2,3)18-12(20)10-17-14(21)13-11(7-5-9-19)6-4-8-16-13/h4,6,8,19H,9-10H2,1-3H3,(H,17,21)(H,18,20). The summed E-state index contributed by atoms with van der Waals surface area (Å²) in [6.07, 6.45) is 1.47. The number of carbonyl (C=O) groups excluding carboxylic acids is 2. The lowest BCUT2D eigenvalue weighted by molar-refractivity contribution is -0.121. The third kappa shape index (κ3) is 6.06. The molecule has 0 aliphatic heterocycles. The van der Waals surface area contributed by atoms with Crippen LogP contribution in [0.2, 0.25) is 0 Å². The molecule has 0 aromatic carbocycles. The monoisotopic (exact) mass is 289 g/mol. The van der Waals surface area contributed by atoms with Gasteiger partial charge in [0.15, 0.2) is 0 Å². The molecule has 0 fully saturated rings. The molecule has 0 atom stereocenters. The number of hydrogen-bond donors (Lipinski definition) is 3. The van der Waals surface area contributed by atoms with Crippen LogP contribution in [-0.2, 0) is 4.79 Å². The summed E-state index contributed by atoms with van der Waals surface area (Å²) in [4.78, 5) is 27.6. The van der Waals surface area contributed by atoms with Crippen LogP contribution in [0.3, 0.4) is 0 Å². The first-order valence-electron chi connectivity index (χ1n) is 6.47. The van der Waals surface area contributed by atoms with Crippen LogP contribution in [0, 0.1) is 11.8 Å². The van der Waals surface area contributed by atoms with Gasteiger partial charge in [-0.3, -0.25) is 9.59 Å². The minimum Gasteiger partial charge on any atom is -0.384 e. The summed E-state index contributed by atoms with van der Waals surface area (Å²) in [5.74, 6) is 4.34. The first-order chi connectivity index (χ1) is 9.83. The normalized spacial score (nSPS) is 10.3. The Morgan fingerprint density at radius 3 is 2.71 bits per heavy atom. The predicted octanol–water partition coefficient (Wildman–Crippen LogP) is 0.0699. The van der Waals surface area contributed by atoms with Crippen molar-refractivity contribution in [3.63, 3.8) is 0 Å². The fourth-order valence-corrected chi connectivity index (χ4v) is 1.53. The van der Waals surface area contributed by atoms with Crippen LogP contribution in [-0.4, -0.2) is 40.6 Å². The molecule has 1 rings (SSSR count). The average Bonchev–Trinajstić information content (AvgIpc) is 2.41. The lowest BCUT2D eigenvalue weighted by Crippen LogP contribution is -2.46. The molecule has 0 saturated carbocycles. The van der Waals surface area contributed by atoms with Crippen LogP contribution < -0.4 is 10.6 Å². The molecule has 0 saturated heterocycles. The van der Waals surface area contributed by atoms with Gasteiger partial charge in [0.2, 0.25) is 5.91 Å². The molecule has 0 bridgehead atoms. The quantitative estimate of drug-likeness (QED) is 0.687. The zero-order chi connectivity index (χ0) is 15.9. The maximum atomic E-state index is 12.0. The maximum absolute atomic E-state index is 12.0. The van der Waals surface area contributed by atoms with Gasteiger partial charge in [-0.25, -0.2) is 4.98 Å². The number of rotatable bonds is 3. The number of pyridine rings is 1. The smallest absolute Gasteiger partial charge is 0.271 e. The van der Waals surface area contributed by atoms with E-state index in [1.165, 1.54) is 6.20 Å². The fourth-order valence-electron chi connectivity index (χ4n) is 1.53. The Balaban J connectivity index is 2.71. The number of aliphatic hydroxyl groups is 1. The SMILES string of the molecule is CC(C)(C)NC(=O)CNC(=O)c1ncccc1C#CCO. The molecule has 0 aliphatic rings. The minimum absolute atomic E-state index is 0.127. The van der Waals surface area contributed by atoms with Crippen LogP contribution in [0.5, 0.6) is 0 Å². The van der Waals surface area contributed by atoms with E-state index in [1.807, 2.05) is 20.8 Å². The Hall–Kier alpha value is -2.39. The summed E-state index contributed by atoms with van der Waals surface area (Å²) >= 11 is 0. The second kappa shape index (κ2) is 7.41. The van der Waals surface area contributed by atoms with Crippen molar-refractivity contribution < 1.29 is 14.7 Å². The van der Waals surface area contributed by atoms with E-state index in [-0.39, 0.29) is 30.3 Å². The van der Waals surface area contributed by atoms with Gasteiger partial charge in [-0.15, -0.1) is 0 Å². The third-order valence-corrected chi connectivity index (χ3v) is 2.25. The highest BCUT2D eigenvalue weighted by molar-refractivity contribution is 5.96. The molecule has 0 spiro atoms. The zero-order valence-electron chi connectivity index (χ0n) is 12.4. The summed E-state index contributed by atoms with van der Waals surface area (Å²) in [7, 11) is 0. The molecule has 6 nitrogen and oxygen atoms in total. The molecule has 6 heteroatoms. The summed E-state index contributed by atoms with van der Waals surface area (Å²) in [5.41, 5.74) is 0.173. The van der Waals surface area contributed by atoms with Crippen molar-refractivity contribution in [2.24, 2.45) is 0 Å². The Morgan fingerprint density at radius 2 is 2.10 bits per heavy atom. The van der Waals surface area contributed by atoms with Crippen molar-refractivity contribution >= 4 is 11.8 Å². The minimum atomic E-state index is -0.484. The molecule has 2 amide bonds. The van der Waals surface area contributed by atoms with Crippen molar-refractivity contribution in [3.05, 3.63) is 29.6 Å². The maximum Gasteiger partial charge on any atom is 0.271 e. The van der Waals surface area contributed by atoms with Gasteiger partial charge in [0, 0.05) is 11.7 Å². The number of carbonyl (C=O) groups is 2. The van der Waals surface area contributed by atoms with E-state index < -0.39 is 5.91 Å². The van der Waals surface area contributed by atoms with Crippen molar-refractivity contribution in [3.8, 4) is 11.8 Å². The molecule has 0 unspecified atom stereocenters. The number of amides is 2. The predicted molar refractivity (Wildman–Crippen MR) is 78.4 cm³/mol. The molecule has 21 heavy (non-hydrogen) atoms. The molecular weight excluding hydrogens is 270 g/mol. The van der Waals surface area contributed by atoms with Gasteiger partial charge in [0.1, 0.15) is 12.3 Å². The second-order valence-electron chi connectivity index (χ2n) is 5.34. The third-order valence-electron chi connectivity index (χ3n) is 2.25. The molecule has 0 radical (unpaired) electrons. The van der Waals surface area contributed by atoms with Crippen molar-refractivity contribution in [1.82, 2.24) is 15.6 Å². The van der Waals surface area contributed by atoms with Gasteiger partial charge in [-0.2, -0.15) is 0 Å². The molecule has 112 valence electrons. The highest BCUT2D eigenvalue weighted by Crippen LogP contribution is 2.03. The lowest BCUT2D eigenvalue weighted by atomic mass is 10.1. The zero-order valence-corrected chi connectivity index (χ0v) is 12.4. The first kappa shape index (κ1) is 16.7. The van der Waals surface area contributed by atoms with Gasteiger partial charge in [-0.1, -0.05) is 11.8 Å². The topological polar surface area (TPSA) is 91.3 Å². The highest BCUT2D eigenvalue weighted by atomic mass is 16.2. The van der Waals surface area contributed by atoms with E-state index in [0.29, 0.717) is 5.56 Å². The summed E-state index contributed by atoms with van der Waals surface area (Å²) < 4.78 is 0. The molecule has 1 aromatic heterocycles. The lowest BCUT2D eigenvalue weighted by Gasteiger charge is -2.20. The van der Waals surface area contributed by atoms with Gasteiger partial charge >= 0.3 is 0 Å². The van der Waals surface area contributed by atoms with Crippen LogP contribution in [0.25, 0.3) is 0 Å². The van der Waals surface area contributed by atoms with Crippen molar-refractivity contribution in [2.75, 3.05) is 13.2 Å². The molecule has 3 N–H and O–H groups in total. The van der Waals surface area contributed by atoms with Crippen LogP contribution >= 0.6 is 0 Å². The van der Waals surface area contributed by atoms with Crippen molar-refractivity contribution in [2.45, 2.75) is 26.3 Å². The Labute approximate surface area is 124 Å². The number of aromatic nitrogens is 1. The number of aliphatic hydroxyl groups excluding tert-OH is 1. The van der Waals surface area contributed by atoms with E-state index in [4.69, 9.17) is 5.11 Å². The molecule has 0 aliphatic carbocycles. The Bertz CT molecular complexity index is 580. The molecule has 1 heterocycles. The fraction of sp³-hybridized carbons (Fsp3) is 0.400. The number of hydrogen-bond acceptors (Lipinski definition) is 4. The van der Waals surface area contributed by atoms with Gasteiger partial charge in [0.25, 0.3) is 5.91 Å². The van der Waals surface area contributed by atoms with Gasteiger partial charge in [-0.05, 0) is 32.9 Å². The van der Waals surface area contributed by atoms with Crippen molar-refractivity contribution in [1.29, 1.82) is 0 Å². The van der Waals surface area contributed by atoms with Crippen LogP contribution in [0.1, 0.15) is 36.8 Å². The second-order valence-corrected chi connectivity index (χ2v) is 5.34. The Morgan fingerprint density at radius 1 is 1.38 bits per heavy atom. The van der Waals surface area contributed by atoms with Gasteiger partial charge in [0.05, 0.1) is 12.1 Å². The highest BCUT2D eigenvalue weighted by Gasteiger charge is 2.16. The number of nitrogens with one attached hydrogen (secondary N) is 2. The van der Waals surface area contributed by atoms with E-state index in [9.17, 15) is 9.59 Å².